The highest BCUT2D eigenvalue weighted by molar-refractivity contribution is 9.10. The van der Waals surface area contributed by atoms with Crippen LogP contribution in [0.5, 0.6) is 5.75 Å². The van der Waals surface area contributed by atoms with E-state index in [-0.39, 0.29) is 6.04 Å². The van der Waals surface area contributed by atoms with E-state index < -0.39 is 0 Å². The van der Waals surface area contributed by atoms with Crippen molar-refractivity contribution in [2.24, 2.45) is 0 Å². The Bertz CT molecular complexity index is 584. The maximum atomic E-state index is 5.49. The first-order chi connectivity index (χ1) is 10.2. The summed E-state index contributed by atoms with van der Waals surface area (Å²) >= 11 is 3.48. The Labute approximate surface area is 134 Å². The predicted molar refractivity (Wildman–Crippen MR) is 89.8 cm³/mol. The SMILES string of the molecule is CCc1ccc(CC(NC)c2ccc(Br)cc2OC)nc1. The maximum Gasteiger partial charge on any atom is 0.124 e. The first-order valence-electron chi connectivity index (χ1n) is 7.12. The Morgan fingerprint density at radius 1 is 1.29 bits per heavy atom. The van der Waals surface area contributed by atoms with Crippen LogP contribution < -0.4 is 10.1 Å². The van der Waals surface area contributed by atoms with Gasteiger partial charge >= 0.3 is 0 Å². The number of likely N-dealkylation sites (N-methyl/N-ethyl adjacent to an activating group) is 1. The first kappa shape index (κ1) is 16.0. The zero-order chi connectivity index (χ0) is 15.2. The van der Waals surface area contributed by atoms with Crippen LogP contribution in [0.3, 0.4) is 0 Å². The summed E-state index contributed by atoms with van der Waals surface area (Å²) in [5, 5.41) is 3.35. The summed E-state index contributed by atoms with van der Waals surface area (Å²) in [6.45, 7) is 2.14. The lowest BCUT2D eigenvalue weighted by Crippen LogP contribution is -2.20. The molecule has 21 heavy (non-hydrogen) atoms. The molecule has 0 fully saturated rings. The van der Waals surface area contributed by atoms with Crippen molar-refractivity contribution in [2.75, 3.05) is 14.2 Å². The topological polar surface area (TPSA) is 34.1 Å². The van der Waals surface area contributed by atoms with Gasteiger partial charge in [-0.1, -0.05) is 35.0 Å². The van der Waals surface area contributed by atoms with Gasteiger partial charge in [0.1, 0.15) is 5.75 Å². The Morgan fingerprint density at radius 2 is 2.10 bits per heavy atom. The maximum absolute atomic E-state index is 5.49. The number of hydrogen-bond donors (Lipinski definition) is 1. The number of aromatic nitrogens is 1. The number of nitrogens with zero attached hydrogens (tertiary/aromatic N) is 1. The number of hydrogen-bond acceptors (Lipinski definition) is 3. The van der Waals surface area contributed by atoms with E-state index in [1.807, 2.05) is 25.4 Å². The Hall–Kier alpha value is -1.39. The molecular formula is C17H21BrN2O. The van der Waals surface area contributed by atoms with Crippen molar-refractivity contribution in [3.8, 4) is 5.75 Å². The molecule has 4 heteroatoms. The minimum absolute atomic E-state index is 0.174. The van der Waals surface area contributed by atoms with E-state index in [0.717, 1.165) is 34.3 Å². The summed E-state index contributed by atoms with van der Waals surface area (Å²) in [6.07, 6.45) is 3.81. The molecule has 1 aromatic carbocycles. The summed E-state index contributed by atoms with van der Waals surface area (Å²) in [5.41, 5.74) is 3.49. The Balaban J connectivity index is 2.22. The van der Waals surface area contributed by atoms with Crippen molar-refractivity contribution in [1.29, 1.82) is 0 Å². The fourth-order valence-electron chi connectivity index (χ4n) is 2.33. The number of methoxy groups -OCH3 is 1. The van der Waals surface area contributed by atoms with E-state index in [2.05, 4.69) is 51.4 Å². The van der Waals surface area contributed by atoms with E-state index in [4.69, 9.17) is 4.74 Å². The van der Waals surface area contributed by atoms with Gasteiger partial charge in [0.2, 0.25) is 0 Å². The lowest BCUT2D eigenvalue weighted by atomic mass is 10.0. The highest BCUT2D eigenvalue weighted by atomic mass is 79.9. The van der Waals surface area contributed by atoms with Crippen LogP contribution in [0.4, 0.5) is 0 Å². The molecule has 1 atom stereocenters. The van der Waals surface area contributed by atoms with Gasteiger partial charge in [0, 0.05) is 34.4 Å². The van der Waals surface area contributed by atoms with E-state index >= 15 is 0 Å². The third-order valence-electron chi connectivity index (χ3n) is 3.63. The second-order valence-electron chi connectivity index (χ2n) is 4.94. The Kier molecular flexibility index (Phi) is 5.76. The largest absolute Gasteiger partial charge is 0.496 e. The van der Waals surface area contributed by atoms with Gasteiger partial charge in [-0.25, -0.2) is 0 Å². The van der Waals surface area contributed by atoms with Crippen LogP contribution in [0.15, 0.2) is 41.0 Å². The minimum Gasteiger partial charge on any atom is -0.496 e. The minimum atomic E-state index is 0.174. The molecule has 0 bridgehead atoms. The summed E-state index contributed by atoms with van der Waals surface area (Å²) in [6, 6.07) is 10.5. The van der Waals surface area contributed by atoms with Gasteiger partial charge in [-0.05, 0) is 37.2 Å². The lowest BCUT2D eigenvalue weighted by Gasteiger charge is -2.19. The molecule has 0 radical (unpaired) electrons. The molecule has 2 rings (SSSR count). The monoisotopic (exact) mass is 348 g/mol. The average Bonchev–Trinajstić information content (AvgIpc) is 2.53. The number of halogens is 1. The van der Waals surface area contributed by atoms with Crippen LogP contribution in [-0.4, -0.2) is 19.1 Å². The molecule has 2 aromatic rings. The summed E-state index contributed by atoms with van der Waals surface area (Å²) in [7, 11) is 3.67. The molecule has 3 nitrogen and oxygen atoms in total. The number of pyridine rings is 1. The third kappa shape index (κ3) is 4.05. The number of ether oxygens (including phenoxy) is 1. The van der Waals surface area contributed by atoms with Crippen LogP contribution in [0.2, 0.25) is 0 Å². The van der Waals surface area contributed by atoms with Crippen molar-refractivity contribution < 1.29 is 4.74 Å². The van der Waals surface area contributed by atoms with Crippen molar-refractivity contribution in [3.05, 3.63) is 57.8 Å². The summed E-state index contributed by atoms with van der Waals surface area (Å²) in [5.74, 6) is 0.883. The van der Waals surface area contributed by atoms with Gasteiger partial charge in [0.25, 0.3) is 0 Å². The molecule has 0 aliphatic rings. The number of rotatable bonds is 6. The molecule has 1 unspecified atom stereocenters. The van der Waals surface area contributed by atoms with E-state index in [9.17, 15) is 0 Å². The highest BCUT2D eigenvalue weighted by Crippen LogP contribution is 2.30. The van der Waals surface area contributed by atoms with Crippen LogP contribution in [0.1, 0.15) is 29.8 Å². The predicted octanol–water partition coefficient (Wildman–Crippen LogP) is 3.92. The van der Waals surface area contributed by atoms with Gasteiger partial charge in [-0.15, -0.1) is 0 Å². The normalized spacial score (nSPS) is 12.2. The molecule has 0 amide bonds. The van der Waals surface area contributed by atoms with Gasteiger partial charge < -0.3 is 10.1 Å². The fourth-order valence-corrected chi connectivity index (χ4v) is 2.67. The summed E-state index contributed by atoms with van der Waals surface area (Å²) in [4.78, 5) is 4.55. The van der Waals surface area contributed by atoms with E-state index in [1.165, 1.54) is 5.56 Å². The van der Waals surface area contributed by atoms with Gasteiger partial charge in [0.15, 0.2) is 0 Å². The quantitative estimate of drug-likeness (QED) is 0.858. The van der Waals surface area contributed by atoms with Gasteiger partial charge in [0.05, 0.1) is 7.11 Å². The van der Waals surface area contributed by atoms with Gasteiger partial charge in [-0.2, -0.15) is 0 Å². The molecule has 112 valence electrons. The molecular weight excluding hydrogens is 328 g/mol. The van der Waals surface area contributed by atoms with E-state index in [0.29, 0.717) is 0 Å². The number of benzene rings is 1. The average molecular weight is 349 g/mol. The molecule has 0 aliphatic carbocycles. The fraction of sp³-hybridized carbons (Fsp3) is 0.353. The standard InChI is InChI=1S/C17H21BrN2O/c1-4-12-5-7-14(20-11-12)10-16(19-2)15-8-6-13(18)9-17(15)21-3/h5-9,11,16,19H,4,10H2,1-3H3. The molecule has 1 aromatic heterocycles. The zero-order valence-electron chi connectivity index (χ0n) is 12.7. The molecule has 0 spiro atoms. The van der Waals surface area contributed by atoms with Crippen molar-refractivity contribution >= 4 is 15.9 Å². The van der Waals surface area contributed by atoms with Crippen molar-refractivity contribution in [3.63, 3.8) is 0 Å². The molecule has 1 N–H and O–H groups in total. The van der Waals surface area contributed by atoms with Gasteiger partial charge in [-0.3, -0.25) is 4.98 Å². The van der Waals surface area contributed by atoms with Crippen LogP contribution in [-0.2, 0) is 12.8 Å². The molecule has 0 saturated carbocycles. The molecule has 0 saturated heterocycles. The molecule has 0 aliphatic heterocycles. The zero-order valence-corrected chi connectivity index (χ0v) is 14.3. The Morgan fingerprint density at radius 3 is 2.67 bits per heavy atom. The second-order valence-corrected chi connectivity index (χ2v) is 5.86. The van der Waals surface area contributed by atoms with Crippen LogP contribution in [0, 0.1) is 0 Å². The highest BCUT2D eigenvalue weighted by Gasteiger charge is 2.16. The summed E-state index contributed by atoms with van der Waals surface area (Å²) < 4.78 is 6.51. The number of nitrogens with one attached hydrogen (secondary N) is 1. The smallest absolute Gasteiger partial charge is 0.124 e. The second kappa shape index (κ2) is 7.57. The number of aryl methyl sites for hydroxylation is 1. The molecule has 1 heterocycles. The lowest BCUT2D eigenvalue weighted by molar-refractivity contribution is 0.400. The van der Waals surface area contributed by atoms with Crippen LogP contribution >= 0.6 is 15.9 Å². The van der Waals surface area contributed by atoms with Crippen LogP contribution in [0.25, 0.3) is 0 Å². The van der Waals surface area contributed by atoms with Crippen molar-refractivity contribution in [2.45, 2.75) is 25.8 Å². The first-order valence-corrected chi connectivity index (χ1v) is 7.91. The third-order valence-corrected chi connectivity index (χ3v) is 4.12. The van der Waals surface area contributed by atoms with Crippen molar-refractivity contribution in [1.82, 2.24) is 10.3 Å². The van der Waals surface area contributed by atoms with E-state index in [1.54, 1.807) is 7.11 Å².